The van der Waals surface area contributed by atoms with Crippen LogP contribution in [0.4, 0.5) is 0 Å². The second-order valence-electron chi connectivity index (χ2n) is 17.2. The predicted octanol–water partition coefficient (Wildman–Crippen LogP) is 10.1. The molecule has 8 atom stereocenters. The van der Waals surface area contributed by atoms with E-state index in [2.05, 4.69) is 13.8 Å². The Morgan fingerprint density at radius 3 is 0.768 bits per heavy atom. The Morgan fingerprint density at radius 2 is 0.536 bits per heavy atom. The summed E-state index contributed by atoms with van der Waals surface area (Å²) in [5, 5.41) is 0. The molecule has 0 aromatic carbocycles. The first-order chi connectivity index (χ1) is 27.4. The molecule has 2 heterocycles. The molecule has 56 heavy (non-hydrogen) atoms. The first-order valence-electron chi connectivity index (χ1n) is 23.4. The molecular weight excluding hydrogens is 712 g/mol. The summed E-state index contributed by atoms with van der Waals surface area (Å²) in [4.78, 5) is 52.3. The van der Waals surface area contributed by atoms with Gasteiger partial charge in [0.25, 0.3) is 0 Å². The molecule has 322 valence electrons. The number of hydrogen-bond donors (Lipinski definition) is 0. The molecule has 0 radical (unpaired) electrons. The lowest BCUT2D eigenvalue weighted by Crippen LogP contribution is -2.38. The van der Waals surface area contributed by atoms with E-state index < -0.39 is 23.7 Å². The van der Waals surface area contributed by atoms with Crippen molar-refractivity contribution < 1.29 is 47.6 Å². The summed E-state index contributed by atoms with van der Waals surface area (Å²) in [6.45, 7) is 5.62. The normalized spacial score (nSPS) is 26.1. The molecule has 0 bridgehead atoms. The van der Waals surface area contributed by atoms with E-state index in [1.165, 1.54) is 103 Å². The molecule has 10 heteroatoms. The van der Waals surface area contributed by atoms with E-state index in [1.54, 1.807) is 0 Å². The predicted molar refractivity (Wildman–Crippen MR) is 216 cm³/mol. The van der Waals surface area contributed by atoms with E-state index in [0.717, 1.165) is 38.5 Å². The molecule has 2 aliphatic carbocycles. The van der Waals surface area contributed by atoms with Crippen LogP contribution in [-0.4, -0.2) is 74.7 Å². The minimum atomic E-state index is -0.562. The number of ether oxygens (including phenoxy) is 6. The van der Waals surface area contributed by atoms with E-state index in [0.29, 0.717) is 51.7 Å². The average Bonchev–Trinajstić information content (AvgIpc) is 4.14. The molecule has 0 aromatic rings. The number of rotatable bonds is 33. The van der Waals surface area contributed by atoms with E-state index in [4.69, 9.17) is 28.4 Å². The standard InChI is InChI=1S/C46H78O10/c1-3-5-7-9-11-13-15-17-19-21-23-27-51-43(47)35-31-39-41(55-39)33-37(35)45(49)53-29-25-26-30-54-46(50)38-34-42-40(56-42)32-36(38)44(48)52-28-24-22-20-18-16-14-12-10-8-6-4-2/h35-42H,3-34H2,1-2H3. The quantitative estimate of drug-likeness (QED) is 0.0274. The van der Waals surface area contributed by atoms with Gasteiger partial charge in [-0.25, -0.2) is 0 Å². The third kappa shape index (κ3) is 17.7. The highest BCUT2D eigenvalue weighted by atomic mass is 16.6. The number of fused-ring (bicyclic) bond motifs is 2. The second kappa shape index (κ2) is 27.5. The third-order valence-electron chi connectivity index (χ3n) is 12.5. The van der Waals surface area contributed by atoms with Gasteiger partial charge in [-0.3, -0.25) is 19.2 Å². The molecule has 0 aromatic heterocycles. The van der Waals surface area contributed by atoms with Crippen LogP contribution in [0.5, 0.6) is 0 Å². The van der Waals surface area contributed by atoms with Gasteiger partial charge in [-0.05, 0) is 51.4 Å². The SMILES string of the molecule is CCCCCCCCCCCCCOC(=O)C1CC2OC2CC1C(=O)OCCCCOC(=O)C1CC2OC2CC1C(=O)OCCCCCCCCCCCCC. The largest absolute Gasteiger partial charge is 0.465 e. The van der Waals surface area contributed by atoms with Crippen LogP contribution in [0.3, 0.4) is 0 Å². The van der Waals surface area contributed by atoms with Crippen LogP contribution < -0.4 is 0 Å². The van der Waals surface area contributed by atoms with Gasteiger partial charge in [-0.1, -0.05) is 142 Å². The van der Waals surface area contributed by atoms with Crippen molar-refractivity contribution in [1.29, 1.82) is 0 Å². The van der Waals surface area contributed by atoms with Crippen LogP contribution >= 0.6 is 0 Å². The highest BCUT2D eigenvalue weighted by Gasteiger charge is 2.54. The van der Waals surface area contributed by atoms with Gasteiger partial charge in [0.1, 0.15) is 0 Å². The van der Waals surface area contributed by atoms with Crippen molar-refractivity contribution in [3.63, 3.8) is 0 Å². The maximum Gasteiger partial charge on any atom is 0.309 e. The van der Waals surface area contributed by atoms with Crippen molar-refractivity contribution in [3.05, 3.63) is 0 Å². The topological polar surface area (TPSA) is 130 Å². The van der Waals surface area contributed by atoms with Crippen LogP contribution in [0.15, 0.2) is 0 Å². The van der Waals surface area contributed by atoms with Gasteiger partial charge in [-0.15, -0.1) is 0 Å². The average molecular weight is 791 g/mol. The fourth-order valence-electron chi connectivity index (χ4n) is 8.74. The molecule has 0 N–H and O–H groups in total. The van der Waals surface area contributed by atoms with E-state index >= 15 is 0 Å². The minimum absolute atomic E-state index is 0.0180. The highest BCUT2D eigenvalue weighted by Crippen LogP contribution is 2.45. The monoisotopic (exact) mass is 791 g/mol. The van der Waals surface area contributed by atoms with Gasteiger partial charge in [0.05, 0.1) is 74.5 Å². The lowest BCUT2D eigenvalue weighted by Gasteiger charge is -2.26. The zero-order chi connectivity index (χ0) is 39.8. The summed E-state index contributed by atoms with van der Waals surface area (Å²) in [6, 6.07) is 0. The second-order valence-corrected chi connectivity index (χ2v) is 17.2. The molecule has 0 amide bonds. The van der Waals surface area contributed by atoms with E-state index in [9.17, 15) is 19.2 Å². The molecule has 0 spiro atoms. The summed E-state index contributed by atoms with van der Waals surface area (Å²) in [6.07, 6.45) is 30.2. The Bertz CT molecular complexity index is 1040. The van der Waals surface area contributed by atoms with Crippen LogP contribution in [-0.2, 0) is 47.6 Å². The van der Waals surface area contributed by atoms with Crippen LogP contribution in [0.25, 0.3) is 0 Å². The maximum atomic E-state index is 13.1. The third-order valence-corrected chi connectivity index (χ3v) is 12.5. The zero-order valence-corrected chi connectivity index (χ0v) is 35.3. The van der Waals surface area contributed by atoms with Crippen LogP contribution in [0.2, 0.25) is 0 Å². The van der Waals surface area contributed by atoms with Gasteiger partial charge in [-0.2, -0.15) is 0 Å². The van der Waals surface area contributed by atoms with Crippen molar-refractivity contribution in [3.8, 4) is 0 Å². The lowest BCUT2D eigenvalue weighted by molar-refractivity contribution is -0.163. The van der Waals surface area contributed by atoms with Gasteiger partial charge < -0.3 is 28.4 Å². The van der Waals surface area contributed by atoms with Crippen LogP contribution in [0.1, 0.15) is 194 Å². The first-order valence-corrected chi connectivity index (χ1v) is 23.4. The molecule has 4 rings (SSSR count). The number of carbonyl (C=O) groups is 4. The Hall–Kier alpha value is -2.20. The van der Waals surface area contributed by atoms with Gasteiger partial charge in [0, 0.05) is 0 Å². The molecule has 4 aliphatic rings. The molecular formula is C46H78O10. The summed E-state index contributed by atoms with van der Waals surface area (Å²) >= 11 is 0. The van der Waals surface area contributed by atoms with Crippen molar-refractivity contribution in [2.75, 3.05) is 26.4 Å². The van der Waals surface area contributed by atoms with Gasteiger partial charge in [0.15, 0.2) is 0 Å². The van der Waals surface area contributed by atoms with Gasteiger partial charge >= 0.3 is 23.9 Å². The van der Waals surface area contributed by atoms with Crippen molar-refractivity contribution >= 4 is 23.9 Å². The highest BCUT2D eigenvalue weighted by molar-refractivity contribution is 5.83. The fraction of sp³-hybridized carbons (Fsp3) is 0.913. The molecule has 2 saturated heterocycles. The van der Waals surface area contributed by atoms with Crippen molar-refractivity contribution in [2.45, 2.75) is 218 Å². The van der Waals surface area contributed by atoms with Crippen molar-refractivity contribution in [2.24, 2.45) is 23.7 Å². The summed E-state index contributed by atoms with van der Waals surface area (Å²) in [5.74, 6) is -3.61. The lowest BCUT2D eigenvalue weighted by atomic mass is 9.79. The molecule has 4 fully saturated rings. The summed E-state index contributed by atoms with van der Waals surface area (Å²) in [7, 11) is 0. The smallest absolute Gasteiger partial charge is 0.309 e. The Balaban J connectivity index is 1.03. The van der Waals surface area contributed by atoms with E-state index in [-0.39, 0.29) is 61.5 Å². The van der Waals surface area contributed by atoms with Crippen LogP contribution in [0, 0.1) is 23.7 Å². The number of hydrogen-bond acceptors (Lipinski definition) is 10. The number of esters is 4. The van der Waals surface area contributed by atoms with Crippen molar-refractivity contribution in [1.82, 2.24) is 0 Å². The zero-order valence-electron chi connectivity index (χ0n) is 35.3. The molecule has 2 saturated carbocycles. The first kappa shape index (κ1) is 46.5. The molecule has 8 unspecified atom stereocenters. The Morgan fingerprint density at radius 1 is 0.339 bits per heavy atom. The Labute approximate surface area is 338 Å². The number of unbranched alkanes of at least 4 members (excludes halogenated alkanes) is 21. The number of epoxide rings is 2. The molecule has 2 aliphatic heterocycles. The summed E-state index contributed by atoms with van der Waals surface area (Å²) in [5.41, 5.74) is 0. The number of carbonyl (C=O) groups excluding carboxylic acids is 4. The summed E-state index contributed by atoms with van der Waals surface area (Å²) < 4.78 is 33.8. The van der Waals surface area contributed by atoms with Gasteiger partial charge in [0.2, 0.25) is 0 Å². The Kier molecular flexibility index (Phi) is 22.8. The van der Waals surface area contributed by atoms with E-state index in [1.807, 2.05) is 0 Å². The fourth-order valence-corrected chi connectivity index (χ4v) is 8.74. The minimum Gasteiger partial charge on any atom is -0.465 e. The maximum absolute atomic E-state index is 13.1. The molecule has 10 nitrogen and oxygen atoms in total.